The van der Waals surface area contributed by atoms with Crippen molar-refractivity contribution in [2.75, 3.05) is 52.9 Å². The molecule has 0 aromatic carbocycles. The quantitative estimate of drug-likeness (QED) is 0.207. The molecule has 0 heterocycles. The molecule has 0 amide bonds. The minimum atomic E-state index is -1.22. The van der Waals surface area contributed by atoms with Gasteiger partial charge in [-0.05, 0) is 6.92 Å². The van der Waals surface area contributed by atoms with Gasteiger partial charge in [0.25, 0.3) is 0 Å². The van der Waals surface area contributed by atoms with Crippen LogP contribution in [0.15, 0.2) is 12.2 Å². The van der Waals surface area contributed by atoms with E-state index in [1.165, 1.54) is 6.92 Å². The summed E-state index contributed by atoms with van der Waals surface area (Å²) in [4.78, 5) is 11.4. The molecule has 8 nitrogen and oxygen atoms in total. The van der Waals surface area contributed by atoms with Crippen LogP contribution < -0.4 is 0 Å². The summed E-state index contributed by atoms with van der Waals surface area (Å²) in [6, 6.07) is 0. The lowest BCUT2D eigenvalue weighted by Crippen LogP contribution is -2.44. The standard InChI is InChI=1S/C14H26O8/c1-11(2)12(20)22-10-14(6-18,7-19)9-21-8-13(3-15,4-16)5-17/h15-19H,1,3-10H2,2H3. The number of aliphatic hydroxyl groups excluding tert-OH is 5. The minimum absolute atomic E-state index is 0.186. The zero-order chi connectivity index (χ0) is 17.2. The zero-order valence-corrected chi connectivity index (χ0v) is 12.8. The SMILES string of the molecule is C=C(C)C(=O)OCC(CO)(CO)COCC(CO)(CO)CO. The molecule has 0 saturated heterocycles. The molecular formula is C14H26O8. The van der Waals surface area contributed by atoms with Crippen LogP contribution in [0.25, 0.3) is 0 Å². The number of rotatable bonds is 12. The van der Waals surface area contributed by atoms with Crippen LogP contribution in [0.3, 0.4) is 0 Å². The first-order valence-electron chi connectivity index (χ1n) is 6.79. The number of ether oxygens (including phenoxy) is 2. The second kappa shape index (κ2) is 9.88. The molecule has 0 rings (SSSR count). The molecule has 0 radical (unpaired) electrons. The van der Waals surface area contributed by atoms with Crippen LogP contribution in [-0.2, 0) is 14.3 Å². The number of carbonyl (C=O) groups excluding carboxylic acids is 1. The zero-order valence-electron chi connectivity index (χ0n) is 12.8. The van der Waals surface area contributed by atoms with E-state index >= 15 is 0 Å². The predicted octanol–water partition coefficient (Wildman–Crippen LogP) is -1.94. The van der Waals surface area contributed by atoms with Crippen molar-refractivity contribution < 1.29 is 39.8 Å². The van der Waals surface area contributed by atoms with Gasteiger partial charge in [-0.15, -0.1) is 0 Å². The second-order valence-corrected chi connectivity index (χ2v) is 5.64. The molecule has 130 valence electrons. The third-order valence-corrected chi connectivity index (χ3v) is 3.35. The van der Waals surface area contributed by atoms with E-state index in [-0.39, 0.29) is 25.4 Å². The minimum Gasteiger partial charge on any atom is -0.461 e. The van der Waals surface area contributed by atoms with Crippen LogP contribution in [0.1, 0.15) is 6.92 Å². The maximum absolute atomic E-state index is 11.4. The first kappa shape index (κ1) is 21.0. The maximum Gasteiger partial charge on any atom is 0.333 e. The predicted molar refractivity (Wildman–Crippen MR) is 76.9 cm³/mol. The van der Waals surface area contributed by atoms with Gasteiger partial charge in [-0.25, -0.2) is 4.79 Å². The van der Waals surface area contributed by atoms with Crippen molar-refractivity contribution in [2.45, 2.75) is 6.92 Å². The summed E-state index contributed by atoms with van der Waals surface area (Å²) in [5, 5.41) is 46.4. The fourth-order valence-corrected chi connectivity index (χ4v) is 1.39. The number of carbonyl (C=O) groups is 1. The van der Waals surface area contributed by atoms with Crippen molar-refractivity contribution in [3.8, 4) is 0 Å². The van der Waals surface area contributed by atoms with Gasteiger partial charge in [0.2, 0.25) is 0 Å². The molecule has 0 spiro atoms. The Balaban J connectivity index is 4.63. The Morgan fingerprint density at radius 1 is 0.864 bits per heavy atom. The Morgan fingerprint density at radius 2 is 1.27 bits per heavy atom. The van der Waals surface area contributed by atoms with Gasteiger partial charge in [0.05, 0.1) is 57.1 Å². The second-order valence-electron chi connectivity index (χ2n) is 5.64. The normalized spacial score (nSPS) is 12.3. The lowest BCUT2D eigenvalue weighted by Gasteiger charge is -2.32. The molecule has 0 unspecified atom stereocenters. The van der Waals surface area contributed by atoms with Gasteiger partial charge in [-0.1, -0.05) is 6.58 Å². The van der Waals surface area contributed by atoms with Crippen LogP contribution in [0.2, 0.25) is 0 Å². The Kier molecular flexibility index (Phi) is 9.42. The van der Waals surface area contributed by atoms with E-state index < -0.39 is 49.8 Å². The number of hydrogen-bond acceptors (Lipinski definition) is 8. The summed E-state index contributed by atoms with van der Waals surface area (Å²) >= 11 is 0. The third-order valence-electron chi connectivity index (χ3n) is 3.35. The monoisotopic (exact) mass is 322 g/mol. The molecule has 0 aliphatic heterocycles. The van der Waals surface area contributed by atoms with E-state index in [1.807, 2.05) is 0 Å². The molecule has 0 atom stereocenters. The van der Waals surface area contributed by atoms with E-state index in [2.05, 4.69) is 6.58 Å². The third kappa shape index (κ3) is 5.99. The maximum atomic E-state index is 11.4. The van der Waals surface area contributed by atoms with Gasteiger partial charge >= 0.3 is 5.97 Å². The van der Waals surface area contributed by atoms with Crippen molar-refractivity contribution >= 4 is 5.97 Å². The molecule has 0 fully saturated rings. The lowest BCUT2D eigenvalue weighted by molar-refractivity contribution is -0.150. The van der Waals surface area contributed by atoms with Gasteiger partial charge in [0, 0.05) is 5.57 Å². The summed E-state index contributed by atoms with van der Waals surface area (Å²) < 4.78 is 10.2. The summed E-state index contributed by atoms with van der Waals surface area (Å²) in [6.07, 6.45) is 0. The summed E-state index contributed by atoms with van der Waals surface area (Å²) in [6.45, 7) is 1.76. The van der Waals surface area contributed by atoms with E-state index in [0.29, 0.717) is 0 Å². The molecular weight excluding hydrogens is 296 g/mol. The summed E-state index contributed by atoms with van der Waals surface area (Å²) in [5.41, 5.74) is -2.26. The average Bonchev–Trinajstić information content (AvgIpc) is 2.55. The fraction of sp³-hybridized carbons (Fsp3) is 0.786. The smallest absolute Gasteiger partial charge is 0.333 e. The molecule has 0 aromatic heterocycles. The first-order chi connectivity index (χ1) is 10.3. The molecule has 0 aromatic rings. The van der Waals surface area contributed by atoms with E-state index in [0.717, 1.165) is 0 Å². The summed E-state index contributed by atoms with van der Waals surface area (Å²) in [7, 11) is 0. The molecule has 0 bridgehead atoms. The van der Waals surface area contributed by atoms with E-state index in [4.69, 9.17) is 9.47 Å². The van der Waals surface area contributed by atoms with Gasteiger partial charge in [0.1, 0.15) is 6.61 Å². The molecule has 0 aliphatic carbocycles. The van der Waals surface area contributed by atoms with Crippen LogP contribution in [-0.4, -0.2) is 84.4 Å². The van der Waals surface area contributed by atoms with Crippen LogP contribution in [0, 0.1) is 10.8 Å². The van der Waals surface area contributed by atoms with Crippen LogP contribution in [0.5, 0.6) is 0 Å². The summed E-state index contributed by atoms with van der Waals surface area (Å²) in [5.74, 6) is -0.651. The first-order valence-corrected chi connectivity index (χ1v) is 6.79. The largest absolute Gasteiger partial charge is 0.461 e. The molecule has 8 heteroatoms. The van der Waals surface area contributed by atoms with Crippen molar-refractivity contribution in [1.29, 1.82) is 0 Å². The molecule has 5 N–H and O–H groups in total. The topological polar surface area (TPSA) is 137 Å². The van der Waals surface area contributed by atoms with Crippen molar-refractivity contribution in [3.05, 3.63) is 12.2 Å². The molecule has 0 aliphatic rings. The Bertz CT molecular complexity index is 338. The highest BCUT2D eigenvalue weighted by Crippen LogP contribution is 2.21. The van der Waals surface area contributed by atoms with E-state index in [9.17, 15) is 30.3 Å². The Labute approximate surface area is 129 Å². The van der Waals surface area contributed by atoms with Gasteiger partial charge in [0.15, 0.2) is 0 Å². The molecule has 0 saturated carbocycles. The highest BCUT2D eigenvalue weighted by molar-refractivity contribution is 5.86. The van der Waals surface area contributed by atoms with E-state index in [1.54, 1.807) is 0 Å². The number of aliphatic hydroxyl groups is 5. The molecule has 22 heavy (non-hydrogen) atoms. The Morgan fingerprint density at radius 3 is 1.64 bits per heavy atom. The van der Waals surface area contributed by atoms with Gasteiger partial charge in [-0.3, -0.25) is 0 Å². The van der Waals surface area contributed by atoms with Crippen molar-refractivity contribution in [2.24, 2.45) is 10.8 Å². The average molecular weight is 322 g/mol. The van der Waals surface area contributed by atoms with Crippen LogP contribution in [0.4, 0.5) is 0 Å². The highest BCUT2D eigenvalue weighted by atomic mass is 16.5. The highest BCUT2D eigenvalue weighted by Gasteiger charge is 2.34. The Hall–Kier alpha value is -1.03. The van der Waals surface area contributed by atoms with Gasteiger partial charge < -0.3 is 35.0 Å². The lowest BCUT2D eigenvalue weighted by atomic mass is 9.90. The fourth-order valence-electron chi connectivity index (χ4n) is 1.39. The number of esters is 1. The van der Waals surface area contributed by atoms with Crippen LogP contribution >= 0.6 is 0 Å². The number of hydrogen-bond donors (Lipinski definition) is 5. The van der Waals surface area contributed by atoms with Crippen molar-refractivity contribution in [3.63, 3.8) is 0 Å². The van der Waals surface area contributed by atoms with Gasteiger partial charge in [-0.2, -0.15) is 0 Å². The van der Waals surface area contributed by atoms with Crippen molar-refractivity contribution in [1.82, 2.24) is 0 Å².